The topological polar surface area (TPSA) is 29.0 Å². The van der Waals surface area contributed by atoms with E-state index in [0.29, 0.717) is 5.54 Å². The number of nitrogens with zero attached hydrogens (tertiary/aromatic N) is 1. The first-order valence-corrected chi connectivity index (χ1v) is 4.38. The monoisotopic (exact) mass is 163 g/mol. The molecule has 0 radical (unpaired) electrons. The van der Waals surface area contributed by atoms with Gasteiger partial charge in [-0.2, -0.15) is 0 Å². The van der Waals surface area contributed by atoms with E-state index in [2.05, 4.69) is 31.1 Å². The number of allylic oxidation sites excluding steroid dienone is 1. The maximum absolute atomic E-state index is 4.17. The van der Waals surface area contributed by atoms with Gasteiger partial charge in [0.15, 0.2) is 5.70 Å². The normalized spacial score (nSPS) is 25.8. The summed E-state index contributed by atoms with van der Waals surface area (Å²) in [5, 5.41) is 2.32. The Morgan fingerprint density at radius 2 is 2.25 bits per heavy atom. The SMILES string of the molecule is CC1=C2C=NC=C2[NH2+]C(C)(C)C1. The molecule has 2 nitrogen and oxygen atoms in total. The molecule has 0 fully saturated rings. The van der Waals surface area contributed by atoms with Gasteiger partial charge in [-0.3, -0.25) is 4.99 Å². The molecule has 0 bridgehead atoms. The van der Waals surface area contributed by atoms with Crippen LogP contribution in [0, 0.1) is 0 Å². The van der Waals surface area contributed by atoms with Crippen LogP contribution in [-0.4, -0.2) is 11.8 Å². The Bertz CT molecular complexity index is 306. The molecular weight excluding hydrogens is 148 g/mol. The highest BCUT2D eigenvalue weighted by Gasteiger charge is 2.32. The zero-order valence-corrected chi connectivity index (χ0v) is 7.89. The van der Waals surface area contributed by atoms with Gasteiger partial charge in [0, 0.05) is 12.6 Å². The third-order valence-corrected chi connectivity index (χ3v) is 2.46. The Morgan fingerprint density at radius 1 is 1.50 bits per heavy atom. The first-order valence-electron chi connectivity index (χ1n) is 4.38. The van der Waals surface area contributed by atoms with Gasteiger partial charge in [0.1, 0.15) is 0 Å². The maximum atomic E-state index is 4.17. The van der Waals surface area contributed by atoms with E-state index in [1.165, 1.54) is 16.8 Å². The lowest BCUT2D eigenvalue weighted by atomic mass is 9.88. The molecule has 2 heterocycles. The Hall–Kier alpha value is -0.890. The fraction of sp³-hybridized carbons (Fsp3) is 0.500. The second-order valence-corrected chi connectivity index (χ2v) is 4.37. The molecule has 0 amide bonds. The van der Waals surface area contributed by atoms with Gasteiger partial charge in [0.05, 0.1) is 17.3 Å². The molecule has 0 aromatic carbocycles. The molecule has 2 rings (SSSR count). The van der Waals surface area contributed by atoms with Crippen molar-refractivity contribution in [1.29, 1.82) is 0 Å². The van der Waals surface area contributed by atoms with Crippen LogP contribution in [0.2, 0.25) is 0 Å². The fourth-order valence-corrected chi connectivity index (χ4v) is 2.06. The molecule has 0 aromatic rings. The van der Waals surface area contributed by atoms with Crippen molar-refractivity contribution in [2.24, 2.45) is 4.99 Å². The van der Waals surface area contributed by atoms with Gasteiger partial charge in [-0.25, -0.2) is 0 Å². The Labute approximate surface area is 73.1 Å². The van der Waals surface area contributed by atoms with Crippen LogP contribution in [0.3, 0.4) is 0 Å². The predicted octanol–water partition coefficient (Wildman–Crippen LogP) is 0.974. The number of fused-ring (bicyclic) bond motifs is 1. The van der Waals surface area contributed by atoms with Crippen LogP contribution in [0.5, 0.6) is 0 Å². The van der Waals surface area contributed by atoms with Crippen LogP contribution in [0.1, 0.15) is 27.2 Å². The summed E-state index contributed by atoms with van der Waals surface area (Å²) in [5.41, 5.74) is 4.43. The summed E-state index contributed by atoms with van der Waals surface area (Å²) in [6, 6.07) is 0. The second kappa shape index (κ2) is 2.30. The highest BCUT2D eigenvalue weighted by Crippen LogP contribution is 2.24. The van der Waals surface area contributed by atoms with E-state index in [4.69, 9.17) is 0 Å². The van der Waals surface area contributed by atoms with Crippen molar-refractivity contribution in [3.05, 3.63) is 23.0 Å². The van der Waals surface area contributed by atoms with Crippen LogP contribution >= 0.6 is 0 Å². The molecule has 0 unspecified atom stereocenters. The number of nitrogens with two attached hydrogens (primary N) is 1. The van der Waals surface area contributed by atoms with Gasteiger partial charge in [0.2, 0.25) is 0 Å². The van der Waals surface area contributed by atoms with Gasteiger partial charge < -0.3 is 5.32 Å². The zero-order chi connectivity index (χ0) is 8.77. The van der Waals surface area contributed by atoms with Crippen molar-refractivity contribution >= 4 is 6.21 Å². The van der Waals surface area contributed by atoms with Crippen LogP contribution < -0.4 is 5.32 Å². The van der Waals surface area contributed by atoms with Gasteiger partial charge in [-0.15, -0.1) is 0 Å². The van der Waals surface area contributed by atoms with Crippen LogP contribution in [0.4, 0.5) is 0 Å². The number of quaternary nitrogens is 1. The smallest absolute Gasteiger partial charge is 0.157 e. The van der Waals surface area contributed by atoms with E-state index in [1.54, 1.807) is 0 Å². The summed E-state index contributed by atoms with van der Waals surface area (Å²) in [7, 11) is 0. The van der Waals surface area contributed by atoms with E-state index < -0.39 is 0 Å². The highest BCUT2D eigenvalue weighted by molar-refractivity contribution is 5.88. The standard InChI is InChI=1S/C10H14N2/c1-7-4-10(2,3)12-9-6-11-5-8(7)9/h5-6,12H,4H2,1-3H3/p+1. The van der Waals surface area contributed by atoms with Crippen molar-refractivity contribution in [1.82, 2.24) is 0 Å². The van der Waals surface area contributed by atoms with E-state index in [1.807, 2.05) is 12.4 Å². The van der Waals surface area contributed by atoms with Crippen molar-refractivity contribution in [2.45, 2.75) is 32.7 Å². The molecule has 2 N–H and O–H groups in total. The van der Waals surface area contributed by atoms with Crippen LogP contribution in [0.25, 0.3) is 0 Å². The van der Waals surface area contributed by atoms with Crippen LogP contribution in [-0.2, 0) is 0 Å². The average Bonchev–Trinajstić information content (AvgIpc) is 2.31. The summed E-state index contributed by atoms with van der Waals surface area (Å²) in [6.07, 6.45) is 5.09. The number of aliphatic imine (C=N–C) groups is 1. The summed E-state index contributed by atoms with van der Waals surface area (Å²) < 4.78 is 0. The number of rotatable bonds is 0. The van der Waals surface area contributed by atoms with Gasteiger partial charge in [-0.05, 0) is 20.8 Å². The minimum absolute atomic E-state index is 0.313. The lowest BCUT2D eigenvalue weighted by Gasteiger charge is -2.28. The molecular formula is C10H15N2+. The minimum Gasteiger partial charge on any atom is -0.307 e. The predicted molar refractivity (Wildman–Crippen MR) is 49.9 cm³/mol. The molecule has 0 atom stereocenters. The van der Waals surface area contributed by atoms with E-state index in [0.717, 1.165) is 6.42 Å². The molecule has 0 aromatic heterocycles. The molecule has 0 saturated carbocycles. The van der Waals surface area contributed by atoms with Crippen molar-refractivity contribution in [3.63, 3.8) is 0 Å². The van der Waals surface area contributed by atoms with Gasteiger partial charge >= 0.3 is 0 Å². The lowest BCUT2D eigenvalue weighted by molar-refractivity contribution is -0.676. The minimum atomic E-state index is 0.313. The van der Waals surface area contributed by atoms with E-state index in [-0.39, 0.29) is 0 Å². The van der Waals surface area contributed by atoms with Crippen molar-refractivity contribution in [3.8, 4) is 0 Å². The van der Waals surface area contributed by atoms with Crippen molar-refractivity contribution < 1.29 is 5.32 Å². The lowest BCUT2D eigenvalue weighted by Crippen LogP contribution is -2.94. The average molecular weight is 163 g/mol. The molecule has 12 heavy (non-hydrogen) atoms. The molecule has 2 heteroatoms. The first-order chi connectivity index (χ1) is 5.58. The maximum Gasteiger partial charge on any atom is 0.157 e. The Balaban J connectivity index is 2.42. The third-order valence-electron chi connectivity index (χ3n) is 2.46. The summed E-state index contributed by atoms with van der Waals surface area (Å²) in [5.74, 6) is 0. The number of hydrogen-bond donors (Lipinski definition) is 1. The highest BCUT2D eigenvalue weighted by atomic mass is 15.0. The molecule has 2 aliphatic heterocycles. The first kappa shape index (κ1) is 7.74. The third kappa shape index (κ3) is 1.12. The largest absolute Gasteiger partial charge is 0.307 e. The Morgan fingerprint density at radius 3 is 3.00 bits per heavy atom. The van der Waals surface area contributed by atoms with Crippen LogP contribution in [0.15, 0.2) is 28.0 Å². The molecule has 2 aliphatic rings. The molecule has 64 valence electrons. The Kier molecular flexibility index (Phi) is 1.48. The molecule has 0 aliphatic carbocycles. The summed E-state index contributed by atoms with van der Waals surface area (Å²) in [4.78, 5) is 4.17. The van der Waals surface area contributed by atoms with E-state index >= 15 is 0 Å². The summed E-state index contributed by atoms with van der Waals surface area (Å²) in [6.45, 7) is 6.74. The van der Waals surface area contributed by atoms with Gasteiger partial charge in [0.25, 0.3) is 0 Å². The number of hydrogen-bond acceptors (Lipinski definition) is 1. The molecule has 0 spiro atoms. The zero-order valence-electron chi connectivity index (χ0n) is 7.89. The van der Waals surface area contributed by atoms with Crippen molar-refractivity contribution in [2.75, 3.05) is 0 Å². The fourth-order valence-electron chi connectivity index (χ4n) is 2.06. The second-order valence-electron chi connectivity index (χ2n) is 4.37. The van der Waals surface area contributed by atoms with E-state index in [9.17, 15) is 0 Å². The molecule has 0 saturated heterocycles. The summed E-state index contributed by atoms with van der Waals surface area (Å²) >= 11 is 0. The quantitative estimate of drug-likeness (QED) is 0.551. The van der Waals surface area contributed by atoms with Gasteiger partial charge in [-0.1, -0.05) is 5.57 Å².